The van der Waals surface area contributed by atoms with Crippen molar-refractivity contribution in [2.45, 2.75) is 6.54 Å². The van der Waals surface area contributed by atoms with E-state index in [1.54, 1.807) is 13.4 Å². The van der Waals surface area contributed by atoms with Crippen LogP contribution >= 0.6 is 0 Å². The molecule has 5 heteroatoms. The third kappa shape index (κ3) is 3.46. The van der Waals surface area contributed by atoms with Crippen molar-refractivity contribution in [3.63, 3.8) is 0 Å². The second-order valence-corrected chi connectivity index (χ2v) is 5.01. The summed E-state index contributed by atoms with van der Waals surface area (Å²) in [4.78, 5) is 8.61. The third-order valence-electron chi connectivity index (χ3n) is 3.51. The maximum absolute atomic E-state index is 5.61. The first-order valence-electron chi connectivity index (χ1n) is 7.31. The van der Waals surface area contributed by atoms with Gasteiger partial charge in [0.05, 0.1) is 12.8 Å². The van der Waals surface area contributed by atoms with E-state index in [2.05, 4.69) is 15.3 Å². The molecular formula is C18H18N4O. The summed E-state index contributed by atoms with van der Waals surface area (Å²) in [6.07, 6.45) is 1.54. The van der Waals surface area contributed by atoms with Gasteiger partial charge in [0.15, 0.2) is 0 Å². The molecule has 3 N–H and O–H groups in total. The molecule has 0 aliphatic rings. The fourth-order valence-electron chi connectivity index (χ4n) is 2.30. The number of nitrogens with two attached hydrogens (primary N) is 1. The number of anilines is 2. The standard InChI is InChI=1S/C18H18N4O/c1-23-17-5-3-2-4-15(17)16-10-18(21-12-20-16)22-14-8-6-13(11-19)7-9-14/h2-10,12H,11,19H2,1H3,(H,20,21,22). The molecule has 116 valence electrons. The highest BCUT2D eigenvalue weighted by atomic mass is 16.5. The van der Waals surface area contributed by atoms with Gasteiger partial charge < -0.3 is 15.8 Å². The summed E-state index contributed by atoms with van der Waals surface area (Å²) in [6.45, 7) is 0.533. The van der Waals surface area contributed by atoms with E-state index >= 15 is 0 Å². The van der Waals surface area contributed by atoms with Crippen molar-refractivity contribution in [3.8, 4) is 17.0 Å². The number of hydrogen-bond donors (Lipinski definition) is 2. The van der Waals surface area contributed by atoms with Crippen LogP contribution in [0.2, 0.25) is 0 Å². The zero-order valence-electron chi connectivity index (χ0n) is 12.9. The number of hydrogen-bond acceptors (Lipinski definition) is 5. The smallest absolute Gasteiger partial charge is 0.134 e. The summed E-state index contributed by atoms with van der Waals surface area (Å²) in [5, 5.41) is 3.27. The van der Waals surface area contributed by atoms with Gasteiger partial charge in [0.25, 0.3) is 0 Å². The van der Waals surface area contributed by atoms with Gasteiger partial charge in [0.2, 0.25) is 0 Å². The molecule has 5 nitrogen and oxygen atoms in total. The molecule has 0 spiro atoms. The number of nitrogens with one attached hydrogen (secondary N) is 1. The van der Waals surface area contributed by atoms with Crippen LogP contribution < -0.4 is 15.8 Å². The normalized spacial score (nSPS) is 10.3. The largest absolute Gasteiger partial charge is 0.496 e. The maximum Gasteiger partial charge on any atom is 0.134 e. The molecule has 1 heterocycles. The third-order valence-corrected chi connectivity index (χ3v) is 3.51. The lowest BCUT2D eigenvalue weighted by Crippen LogP contribution is -1.98. The molecule has 0 unspecified atom stereocenters. The summed E-state index contributed by atoms with van der Waals surface area (Å²) in [6, 6.07) is 17.6. The highest BCUT2D eigenvalue weighted by molar-refractivity contribution is 5.70. The van der Waals surface area contributed by atoms with Gasteiger partial charge in [-0.15, -0.1) is 0 Å². The maximum atomic E-state index is 5.61. The van der Waals surface area contributed by atoms with Crippen LogP contribution in [0.15, 0.2) is 60.9 Å². The minimum absolute atomic E-state index is 0.533. The van der Waals surface area contributed by atoms with Crippen LogP contribution in [0, 0.1) is 0 Å². The molecule has 0 aliphatic carbocycles. The SMILES string of the molecule is COc1ccccc1-c1cc(Nc2ccc(CN)cc2)ncn1. The second-order valence-electron chi connectivity index (χ2n) is 5.01. The van der Waals surface area contributed by atoms with Gasteiger partial charge in [-0.05, 0) is 29.8 Å². The summed E-state index contributed by atoms with van der Waals surface area (Å²) < 4.78 is 5.39. The van der Waals surface area contributed by atoms with Crippen LogP contribution in [-0.4, -0.2) is 17.1 Å². The van der Waals surface area contributed by atoms with Crippen LogP contribution in [0.25, 0.3) is 11.3 Å². The quantitative estimate of drug-likeness (QED) is 0.756. The minimum Gasteiger partial charge on any atom is -0.496 e. The lowest BCUT2D eigenvalue weighted by molar-refractivity contribution is 0.416. The molecular weight excluding hydrogens is 288 g/mol. The Morgan fingerprint density at radius 1 is 1.04 bits per heavy atom. The number of nitrogens with zero attached hydrogens (tertiary/aromatic N) is 2. The van der Waals surface area contributed by atoms with Crippen molar-refractivity contribution < 1.29 is 4.74 Å². The first kappa shape index (κ1) is 15.0. The topological polar surface area (TPSA) is 73.1 Å². The van der Waals surface area contributed by atoms with E-state index in [0.717, 1.165) is 34.1 Å². The number of methoxy groups -OCH3 is 1. The van der Waals surface area contributed by atoms with E-state index in [1.165, 1.54) is 0 Å². The lowest BCUT2D eigenvalue weighted by atomic mass is 10.1. The molecule has 0 saturated heterocycles. The molecule has 0 amide bonds. The summed E-state index contributed by atoms with van der Waals surface area (Å²) in [5.74, 6) is 1.51. The Morgan fingerprint density at radius 2 is 1.83 bits per heavy atom. The first-order chi connectivity index (χ1) is 11.3. The molecule has 0 aliphatic heterocycles. The van der Waals surface area contributed by atoms with Gasteiger partial charge in [-0.1, -0.05) is 24.3 Å². The van der Waals surface area contributed by atoms with Gasteiger partial charge in [-0.3, -0.25) is 0 Å². The predicted octanol–water partition coefficient (Wildman–Crippen LogP) is 3.35. The van der Waals surface area contributed by atoms with Crippen molar-refractivity contribution in [1.29, 1.82) is 0 Å². The molecule has 1 aromatic heterocycles. The molecule has 2 aromatic carbocycles. The van der Waals surface area contributed by atoms with Gasteiger partial charge in [0.1, 0.15) is 17.9 Å². The van der Waals surface area contributed by atoms with Gasteiger partial charge in [-0.2, -0.15) is 0 Å². The van der Waals surface area contributed by atoms with Crippen LogP contribution in [0.5, 0.6) is 5.75 Å². The van der Waals surface area contributed by atoms with E-state index in [1.807, 2.05) is 54.6 Å². The Bertz CT molecular complexity index is 787. The second kappa shape index (κ2) is 6.89. The van der Waals surface area contributed by atoms with Crippen LogP contribution in [0.1, 0.15) is 5.56 Å². The molecule has 0 radical (unpaired) electrons. The van der Waals surface area contributed by atoms with Crippen molar-refractivity contribution in [1.82, 2.24) is 9.97 Å². The number of benzene rings is 2. The van der Waals surface area contributed by atoms with Crippen molar-refractivity contribution in [3.05, 3.63) is 66.5 Å². The Balaban J connectivity index is 1.87. The average Bonchev–Trinajstić information content (AvgIpc) is 2.62. The summed E-state index contributed by atoms with van der Waals surface area (Å²) in [5.41, 5.74) is 9.39. The van der Waals surface area contributed by atoms with E-state index in [0.29, 0.717) is 6.54 Å². The highest BCUT2D eigenvalue weighted by Crippen LogP contribution is 2.29. The van der Waals surface area contributed by atoms with E-state index < -0.39 is 0 Å². The average molecular weight is 306 g/mol. The van der Waals surface area contributed by atoms with Crippen LogP contribution in [-0.2, 0) is 6.54 Å². The molecule has 3 rings (SSSR count). The number of aromatic nitrogens is 2. The molecule has 3 aromatic rings. The molecule has 0 bridgehead atoms. The van der Waals surface area contributed by atoms with Gasteiger partial charge in [-0.25, -0.2) is 9.97 Å². The zero-order chi connectivity index (χ0) is 16.1. The van der Waals surface area contributed by atoms with Gasteiger partial charge in [0, 0.05) is 23.9 Å². The van der Waals surface area contributed by atoms with Crippen LogP contribution in [0.4, 0.5) is 11.5 Å². The molecule has 0 saturated carbocycles. The van der Waals surface area contributed by atoms with Crippen molar-refractivity contribution >= 4 is 11.5 Å². The first-order valence-corrected chi connectivity index (χ1v) is 7.31. The Labute approximate surface area is 135 Å². The number of ether oxygens (including phenoxy) is 1. The van der Waals surface area contributed by atoms with Gasteiger partial charge >= 0.3 is 0 Å². The van der Waals surface area contributed by atoms with Crippen molar-refractivity contribution in [2.75, 3.05) is 12.4 Å². The highest BCUT2D eigenvalue weighted by Gasteiger charge is 2.07. The Kier molecular flexibility index (Phi) is 4.49. The lowest BCUT2D eigenvalue weighted by Gasteiger charge is -2.10. The predicted molar refractivity (Wildman–Crippen MR) is 91.6 cm³/mol. The molecule has 0 fully saturated rings. The molecule has 0 atom stereocenters. The fraction of sp³-hybridized carbons (Fsp3) is 0.111. The van der Waals surface area contributed by atoms with Crippen LogP contribution in [0.3, 0.4) is 0 Å². The van der Waals surface area contributed by atoms with E-state index in [4.69, 9.17) is 10.5 Å². The van der Waals surface area contributed by atoms with Crippen molar-refractivity contribution in [2.24, 2.45) is 5.73 Å². The summed E-state index contributed by atoms with van der Waals surface area (Å²) >= 11 is 0. The van der Waals surface area contributed by atoms with E-state index in [-0.39, 0.29) is 0 Å². The number of rotatable bonds is 5. The van der Waals surface area contributed by atoms with E-state index in [9.17, 15) is 0 Å². The summed E-state index contributed by atoms with van der Waals surface area (Å²) in [7, 11) is 1.65. The zero-order valence-corrected chi connectivity index (χ0v) is 12.9. The number of para-hydroxylation sites is 1. The minimum atomic E-state index is 0.533. The Morgan fingerprint density at radius 3 is 2.57 bits per heavy atom. The molecule has 23 heavy (non-hydrogen) atoms. The fourth-order valence-corrected chi connectivity index (χ4v) is 2.30. The Hall–Kier alpha value is -2.92. The monoisotopic (exact) mass is 306 g/mol.